The lowest BCUT2D eigenvalue weighted by Gasteiger charge is -2.18. The molecule has 2 aromatic rings. The Morgan fingerprint density at radius 2 is 1.70 bits per heavy atom. The van der Waals surface area contributed by atoms with Crippen LogP contribution in [0.3, 0.4) is 0 Å². The van der Waals surface area contributed by atoms with Crippen LogP contribution in [0.5, 0.6) is 0 Å². The second kappa shape index (κ2) is 5.52. The highest BCUT2D eigenvalue weighted by molar-refractivity contribution is 7.89. The lowest BCUT2D eigenvalue weighted by atomic mass is 10.1. The summed E-state index contributed by atoms with van der Waals surface area (Å²) in [5, 5.41) is 8.33. The fraction of sp³-hybridized carbons (Fsp3) is 0.143. The van der Waals surface area contributed by atoms with Crippen molar-refractivity contribution in [3.8, 4) is 0 Å². The number of para-hydroxylation sites is 1. The van der Waals surface area contributed by atoms with Gasteiger partial charge in [-0.3, -0.25) is 0 Å². The first-order valence-corrected chi connectivity index (χ1v) is 7.67. The van der Waals surface area contributed by atoms with Crippen molar-refractivity contribution in [2.75, 3.05) is 11.1 Å². The molecule has 0 fully saturated rings. The normalized spacial score (nSPS) is 12.9. The van der Waals surface area contributed by atoms with Gasteiger partial charge in [0.2, 0.25) is 10.0 Å². The van der Waals surface area contributed by atoms with Crippen molar-refractivity contribution in [3.05, 3.63) is 54.1 Å². The molecule has 0 radical (unpaired) electrons. The number of rotatable bonds is 4. The van der Waals surface area contributed by atoms with E-state index in [1.165, 1.54) is 6.07 Å². The van der Waals surface area contributed by atoms with E-state index in [0.29, 0.717) is 5.69 Å². The van der Waals surface area contributed by atoms with Gasteiger partial charge < -0.3 is 11.1 Å². The highest BCUT2D eigenvalue weighted by Gasteiger charge is 2.15. The minimum absolute atomic E-state index is 0.00534. The van der Waals surface area contributed by atoms with Gasteiger partial charge in [-0.1, -0.05) is 36.4 Å². The molecule has 2 rings (SSSR count). The molecule has 2 aromatic carbocycles. The molecule has 5 nitrogen and oxygen atoms in total. The smallest absolute Gasteiger partial charge is 0.240 e. The van der Waals surface area contributed by atoms with Crippen LogP contribution in [-0.4, -0.2) is 8.42 Å². The summed E-state index contributed by atoms with van der Waals surface area (Å²) in [6.45, 7) is 1.97. The van der Waals surface area contributed by atoms with Gasteiger partial charge in [-0.15, -0.1) is 0 Å². The standard InChI is InChI=1S/C14H17N3O2S/c1-10(11-6-3-2-4-7-11)17-12-8-5-9-13(14(12)15)20(16,18)19/h2-10,17H,15H2,1H3,(H2,16,18,19). The summed E-state index contributed by atoms with van der Waals surface area (Å²) in [5.41, 5.74) is 7.64. The van der Waals surface area contributed by atoms with E-state index in [-0.39, 0.29) is 16.6 Å². The fourth-order valence-electron chi connectivity index (χ4n) is 1.98. The third-order valence-electron chi connectivity index (χ3n) is 3.04. The summed E-state index contributed by atoms with van der Waals surface area (Å²) in [7, 11) is -3.82. The zero-order chi connectivity index (χ0) is 14.8. The molecule has 20 heavy (non-hydrogen) atoms. The minimum atomic E-state index is -3.82. The summed E-state index contributed by atoms with van der Waals surface area (Å²) in [6.07, 6.45) is 0. The number of hydrogen-bond donors (Lipinski definition) is 3. The number of nitrogens with two attached hydrogens (primary N) is 2. The largest absolute Gasteiger partial charge is 0.396 e. The highest BCUT2D eigenvalue weighted by atomic mass is 32.2. The molecule has 0 aliphatic heterocycles. The van der Waals surface area contributed by atoms with Crippen LogP contribution in [0.15, 0.2) is 53.4 Å². The molecular formula is C14H17N3O2S. The van der Waals surface area contributed by atoms with E-state index in [1.54, 1.807) is 12.1 Å². The SMILES string of the molecule is CC(Nc1cccc(S(N)(=O)=O)c1N)c1ccccc1. The monoisotopic (exact) mass is 291 g/mol. The van der Waals surface area contributed by atoms with E-state index < -0.39 is 10.0 Å². The maximum Gasteiger partial charge on any atom is 0.240 e. The first kappa shape index (κ1) is 14.4. The Morgan fingerprint density at radius 3 is 2.30 bits per heavy atom. The van der Waals surface area contributed by atoms with Gasteiger partial charge >= 0.3 is 0 Å². The van der Waals surface area contributed by atoms with Crippen molar-refractivity contribution in [1.29, 1.82) is 0 Å². The number of anilines is 2. The summed E-state index contributed by atoms with van der Waals surface area (Å²) >= 11 is 0. The van der Waals surface area contributed by atoms with Gasteiger partial charge in [0.25, 0.3) is 0 Å². The Hall–Kier alpha value is -2.05. The van der Waals surface area contributed by atoms with Crippen LogP contribution in [-0.2, 0) is 10.0 Å². The van der Waals surface area contributed by atoms with Crippen molar-refractivity contribution in [2.45, 2.75) is 17.9 Å². The maximum absolute atomic E-state index is 11.4. The zero-order valence-corrected chi connectivity index (χ0v) is 11.9. The van der Waals surface area contributed by atoms with E-state index in [1.807, 2.05) is 37.3 Å². The average Bonchev–Trinajstić information content (AvgIpc) is 2.40. The molecule has 1 atom stereocenters. The summed E-state index contributed by atoms with van der Waals surface area (Å²) in [5.74, 6) is 0. The molecule has 0 aliphatic carbocycles. The quantitative estimate of drug-likeness (QED) is 0.751. The fourth-order valence-corrected chi connectivity index (χ4v) is 2.66. The van der Waals surface area contributed by atoms with Crippen LogP contribution in [0.2, 0.25) is 0 Å². The van der Waals surface area contributed by atoms with Crippen LogP contribution in [0.4, 0.5) is 11.4 Å². The molecule has 106 valence electrons. The lowest BCUT2D eigenvalue weighted by molar-refractivity contribution is 0.598. The summed E-state index contributed by atoms with van der Waals surface area (Å²) in [6, 6.07) is 14.5. The summed E-state index contributed by atoms with van der Waals surface area (Å²) < 4.78 is 22.9. The molecular weight excluding hydrogens is 274 g/mol. The van der Waals surface area contributed by atoms with E-state index in [2.05, 4.69) is 5.32 Å². The molecule has 0 aromatic heterocycles. The van der Waals surface area contributed by atoms with E-state index in [9.17, 15) is 8.42 Å². The lowest BCUT2D eigenvalue weighted by Crippen LogP contribution is -2.16. The van der Waals surface area contributed by atoms with Crippen molar-refractivity contribution in [2.24, 2.45) is 5.14 Å². The molecule has 0 saturated heterocycles. The highest BCUT2D eigenvalue weighted by Crippen LogP contribution is 2.28. The van der Waals surface area contributed by atoms with Crippen molar-refractivity contribution >= 4 is 21.4 Å². The predicted octanol–water partition coefficient (Wildman–Crippen LogP) is 2.09. The van der Waals surface area contributed by atoms with Gasteiger partial charge in [0.15, 0.2) is 0 Å². The molecule has 1 unspecified atom stereocenters. The number of nitrogens with one attached hydrogen (secondary N) is 1. The Bertz CT molecular complexity index is 700. The Kier molecular flexibility index (Phi) is 3.96. The topological polar surface area (TPSA) is 98.2 Å². The van der Waals surface area contributed by atoms with Crippen LogP contribution in [0.1, 0.15) is 18.5 Å². The predicted molar refractivity (Wildman–Crippen MR) is 80.7 cm³/mol. The van der Waals surface area contributed by atoms with Crippen molar-refractivity contribution in [1.82, 2.24) is 0 Å². The van der Waals surface area contributed by atoms with Crippen molar-refractivity contribution < 1.29 is 8.42 Å². The van der Waals surface area contributed by atoms with Crippen LogP contribution >= 0.6 is 0 Å². The van der Waals surface area contributed by atoms with E-state index in [0.717, 1.165) is 5.56 Å². The minimum Gasteiger partial charge on any atom is -0.396 e. The summed E-state index contributed by atoms with van der Waals surface area (Å²) in [4.78, 5) is -0.0669. The maximum atomic E-state index is 11.4. The molecule has 0 heterocycles. The van der Waals surface area contributed by atoms with Gasteiger partial charge in [0.05, 0.1) is 11.4 Å². The molecule has 0 bridgehead atoms. The van der Waals surface area contributed by atoms with Gasteiger partial charge in [-0.05, 0) is 24.6 Å². The third kappa shape index (κ3) is 3.09. The zero-order valence-electron chi connectivity index (χ0n) is 11.1. The van der Waals surface area contributed by atoms with Gasteiger partial charge in [0.1, 0.15) is 4.90 Å². The number of nitrogen functional groups attached to an aromatic ring is 1. The van der Waals surface area contributed by atoms with Gasteiger partial charge in [-0.2, -0.15) is 0 Å². The van der Waals surface area contributed by atoms with Crippen LogP contribution in [0, 0.1) is 0 Å². The van der Waals surface area contributed by atoms with Crippen LogP contribution < -0.4 is 16.2 Å². The molecule has 0 saturated carbocycles. The second-order valence-electron chi connectivity index (χ2n) is 4.54. The Morgan fingerprint density at radius 1 is 1.05 bits per heavy atom. The van der Waals surface area contributed by atoms with Gasteiger partial charge in [0, 0.05) is 6.04 Å². The Labute approximate surface area is 118 Å². The molecule has 0 aliphatic rings. The first-order chi connectivity index (χ1) is 9.39. The molecule has 5 N–H and O–H groups in total. The Balaban J connectivity index is 2.31. The average molecular weight is 291 g/mol. The molecule has 6 heteroatoms. The first-order valence-electron chi connectivity index (χ1n) is 6.12. The third-order valence-corrected chi connectivity index (χ3v) is 4.01. The number of benzene rings is 2. The molecule has 0 amide bonds. The number of sulfonamides is 1. The van der Waals surface area contributed by atoms with E-state index in [4.69, 9.17) is 10.9 Å². The number of hydrogen-bond acceptors (Lipinski definition) is 4. The van der Waals surface area contributed by atoms with E-state index >= 15 is 0 Å². The number of primary sulfonamides is 1. The second-order valence-corrected chi connectivity index (χ2v) is 6.07. The molecule has 0 spiro atoms. The van der Waals surface area contributed by atoms with Crippen molar-refractivity contribution in [3.63, 3.8) is 0 Å². The van der Waals surface area contributed by atoms with Gasteiger partial charge in [-0.25, -0.2) is 13.6 Å². The van der Waals surface area contributed by atoms with Crippen LogP contribution in [0.25, 0.3) is 0 Å².